The number of halogens is 1. The molecule has 0 aromatic heterocycles. The van der Waals surface area contributed by atoms with Crippen molar-refractivity contribution in [3.8, 4) is 0 Å². The van der Waals surface area contributed by atoms with E-state index in [-0.39, 0.29) is 35.2 Å². The number of rotatable bonds is 3. The fraction of sp³-hybridized carbons (Fsp3) is 0.385. The zero-order valence-corrected chi connectivity index (χ0v) is 13.2. The zero-order valence-electron chi connectivity index (χ0n) is 11.7. The molecule has 120 valence electrons. The Morgan fingerprint density at radius 3 is 2.68 bits per heavy atom. The Balaban J connectivity index is 2.42. The van der Waals surface area contributed by atoms with Gasteiger partial charge in [0.2, 0.25) is 0 Å². The molecule has 1 aliphatic rings. The molecule has 0 bridgehead atoms. The van der Waals surface area contributed by atoms with Gasteiger partial charge in [-0.05, 0) is 18.2 Å². The number of sulfone groups is 1. The lowest BCUT2D eigenvalue weighted by Gasteiger charge is -2.33. The number of carboxylic acid groups (broad SMARTS) is 1. The first-order valence-electron chi connectivity index (χ1n) is 6.33. The lowest BCUT2D eigenvalue weighted by atomic mass is 10.1. The summed E-state index contributed by atoms with van der Waals surface area (Å²) in [6.07, 6.45) is 1.01. The van der Waals surface area contributed by atoms with E-state index in [2.05, 4.69) is 0 Å². The molecule has 1 N–H and O–H groups in total. The molecule has 1 heterocycles. The van der Waals surface area contributed by atoms with Crippen LogP contribution in [0, 0.1) is 0 Å². The summed E-state index contributed by atoms with van der Waals surface area (Å²) in [5.41, 5.74) is -0.0438. The maximum Gasteiger partial charge on any atom is 0.328 e. The molecule has 1 saturated heterocycles. The molecule has 1 aromatic rings. The van der Waals surface area contributed by atoms with Gasteiger partial charge in [0.25, 0.3) is 5.91 Å². The summed E-state index contributed by atoms with van der Waals surface area (Å²) in [5, 5.41) is 9.22. The molecule has 0 radical (unpaired) electrons. The zero-order chi connectivity index (χ0) is 16.5. The van der Waals surface area contributed by atoms with Crippen molar-refractivity contribution in [1.29, 1.82) is 0 Å². The van der Waals surface area contributed by atoms with Crippen molar-refractivity contribution >= 4 is 33.3 Å². The molecule has 2 rings (SSSR count). The van der Waals surface area contributed by atoms with Gasteiger partial charge in [-0.2, -0.15) is 0 Å². The summed E-state index contributed by atoms with van der Waals surface area (Å²) < 4.78 is 28.2. The van der Waals surface area contributed by atoms with Gasteiger partial charge >= 0.3 is 5.97 Å². The number of benzene rings is 1. The van der Waals surface area contributed by atoms with Crippen LogP contribution < -0.4 is 0 Å². The average Bonchev–Trinajstić information content (AvgIpc) is 2.45. The van der Waals surface area contributed by atoms with Crippen molar-refractivity contribution in [2.24, 2.45) is 0 Å². The van der Waals surface area contributed by atoms with Crippen LogP contribution in [0.4, 0.5) is 0 Å². The Hall–Kier alpha value is -1.64. The normalized spacial score (nSPS) is 19.0. The average molecular weight is 348 g/mol. The molecule has 1 atom stereocenters. The van der Waals surface area contributed by atoms with Crippen molar-refractivity contribution in [3.05, 3.63) is 28.8 Å². The molecule has 0 saturated carbocycles. The van der Waals surface area contributed by atoms with E-state index in [1.807, 2.05) is 0 Å². The minimum absolute atomic E-state index is 0.0438. The van der Waals surface area contributed by atoms with Crippen molar-refractivity contribution < 1.29 is 27.9 Å². The number of aliphatic carboxylic acids is 1. The number of morpholine rings is 1. The predicted octanol–water partition coefficient (Wildman–Crippen LogP) is 0.669. The number of carbonyl (C=O) groups is 2. The molecule has 1 amide bonds. The van der Waals surface area contributed by atoms with Crippen LogP contribution in [0.5, 0.6) is 0 Å². The molecule has 1 fully saturated rings. The van der Waals surface area contributed by atoms with Crippen LogP contribution in [0.1, 0.15) is 10.4 Å². The second-order valence-corrected chi connectivity index (χ2v) is 7.26. The first kappa shape index (κ1) is 16.7. The van der Waals surface area contributed by atoms with Gasteiger partial charge in [0.1, 0.15) is 0 Å². The lowest BCUT2D eigenvalue weighted by Crippen LogP contribution is -2.52. The Morgan fingerprint density at radius 2 is 2.09 bits per heavy atom. The third kappa shape index (κ3) is 3.40. The highest BCUT2D eigenvalue weighted by molar-refractivity contribution is 7.90. The van der Waals surface area contributed by atoms with Gasteiger partial charge in [0, 0.05) is 12.8 Å². The lowest BCUT2D eigenvalue weighted by molar-refractivity contribution is -0.147. The summed E-state index contributed by atoms with van der Waals surface area (Å²) in [4.78, 5) is 24.8. The predicted molar refractivity (Wildman–Crippen MR) is 77.8 cm³/mol. The fourth-order valence-corrected chi connectivity index (χ4v) is 2.95. The summed E-state index contributed by atoms with van der Waals surface area (Å²) >= 11 is 5.97. The van der Waals surface area contributed by atoms with E-state index in [0.717, 1.165) is 17.2 Å². The first-order chi connectivity index (χ1) is 10.2. The highest BCUT2D eigenvalue weighted by Crippen LogP contribution is 2.23. The molecular weight excluding hydrogens is 334 g/mol. The number of amides is 1. The van der Waals surface area contributed by atoms with Crippen LogP contribution in [0.15, 0.2) is 23.1 Å². The van der Waals surface area contributed by atoms with Gasteiger partial charge in [0.05, 0.1) is 28.7 Å². The minimum atomic E-state index is -3.51. The highest BCUT2D eigenvalue weighted by Gasteiger charge is 2.34. The topological polar surface area (TPSA) is 101 Å². The van der Waals surface area contributed by atoms with Crippen LogP contribution in [0.3, 0.4) is 0 Å². The fourth-order valence-electron chi connectivity index (χ4n) is 2.10. The maximum absolute atomic E-state index is 12.5. The number of carbonyl (C=O) groups excluding carboxylic acids is 1. The van der Waals surface area contributed by atoms with Gasteiger partial charge in [0.15, 0.2) is 15.9 Å². The van der Waals surface area contributed by atoms with Crippen molar-refractivity contribution in [2.45, 2.75) is 10.9 Å². The van der Waals surface area contributed by atoms with Crippen LogP contribution in [0.2, 0.25) is 5.02 Å². The van der Waals surface area contributed by atoms with Crippen molar-refractivity contribution in [3.63, 3.8) is 0 Å². The maximum atomic E-state index is 12.5. The third-order valence-corrected chi connectivity index (χ3v) is 4.71. The largest absolute Gasteiger partial charge is 0.480 e. The van der Waals surface area contributed by atoms with Gasteiger partial charge in [-0.3, -0.25) is 4.79 Å². The molecule has 9 heteroatoms. The van der Waals surface area contributed by atoms with E-state index in [4.69, 9.17) is 21.4 Å². The van der Waals surface area contributed by atoms with E-state index in [0.29, 0.717) is 0 Å². The van der Waals surface area contributed by atoms with Gasteiger partial charge < -0.3 is 14.7 Å². The molecular formula is C13H14ClNO6S. The molecule has 0 spiro atoms. The van der Waals surface area contributed by atoms with Gasteiger partial charge in [-0.1, -0.05) is 11.6 Å². The minimum Gasteiger partial charge on any atom is -0.480 e. The standard InChI is InChI=1S/C13H14ClNO6S/c1-22(19,20)8-2-3-10(14)9(6-8)12(16)15-4-5-21-7-11(15)13(17)18/h2-3,6,11H,4-5,7H2,1H3,(H,17,18)/t11-/m1/s1. The Morgan fingerprint density at radius 1 is 1.41 bits per heavy atom. The Bertz CT molecular complexity index is 717. The van der Waals surface area contributed by atoms with Crippen LogP contribution in [-0.4, -0.2) is 62.4 Å². The van der Waals surface area contributed by atoms with Crippen molar-refractivity contribution in [1.82, 2.24) is 4.90 Å². The van der Waals surface area contributed by atoms with Gasteiger partial charge in [-0.15, -0.1) is 0 Å². The second-order valence-electron chi connectivity index (χ2n) is 4.84. The van der Waals surface area contributed by atoms with E-state index in [9.17, 15) is 18.0 Å². The first-order valence-corrected chi connectivity index (χ1v) is 8.60. The van der Waals surface area contributed by atoms with Gasteiger partial charge in [-0.25, -0.2) is 13.2 Å². The smallest absolute Gasteiger partial charge is 0.328 e. The summed E-state index contributed by atoms with van der Waals surface area (Å²) in [7, 11) is -3.51. The monoisotopic (exact) mass is 347 g/mol. The van der Waals surface area contributed by atoms with E-state index in [1.54, 1.807) is 0 Å². The second kappa shape index (κ2) is 6.23. The Kier molecular flexibility index (Phi) is 4.74. The summed E-state index contributed by atoms with van der Waals surface area (Å²) in [6.45, 7) is 0.179. The highest BCUT2D eigenvalue weighted by atomic mass is 35.5. The molecule has 1 aromatic carbocycles. The third-order valence-electron chi connectivity index (χ3n) is 3.27. The molecule has 7 nitrogen and oxygen atoms in total. The number of nitrogens with zero attached hydrogens (tertiary/aromatic N) is 1. The van der Waals surface area contributed by atoms with Crippen LogP contribution in [-0.2, 0) is 19.4 Å². The molecule has 0 aliphatic carbocycles. The number of hydrogen-bond acceptors (Lipinski definition) is 5. The quantitative estimate of drug-likeness (QED) is 0.862. The number of carboxylic acids is 1. The molecule has 1 aliphatic heterocycles. The van der Waals surface area contributed by atoms with Crippen LogP contribution in [0.25, 0.3) is 0 Å². The molecule has 22 heavy (non-hydrogen) atoms. The number of ether oxygens (including phenoxy) is 1. The van der Waals surface area contributed by atoms with Crippen LogP contribution >= 0.6 is 11.6 Å². The van der Waals surface area contributed by atoms with E-state index in [1.165, 1.54) is 12.1 Å². The summed E-state index contributed by atoms with van der Waals surface area (Å²) in [6, 6.07) is 2.64. The van der Waals surface area contributed by atoms with Crippen molar-refractivity contribution in [2.75, 3.05) is 26.0 Å². The summed E-state index contributed by atoms with van der Waals surface area (Å²) in [5.74, 6) is -1.82. The SMILES string of the molecule is CS(=O)(=O)c1ccc(Cl)c(C(=O)N2CCOC[C@@H]2C(=O)O)c1. The molecule has 0 unspecified atom stereocenters. The van der Waals surface area contributed by atoms with E-state index < -0.39 is 27.8 Å². The number of hydrogen-bond donors (Lipinski definition) is 1. The Labute approximate surface area is 132 Å². The van der Waals surface area contributed by atoms with E-state index >= 15 is 0 Å².